The zero-order chi connectivity index (χ0) is 18.2. The molecule has 0 aromatic heterocycles. The topological polar surface area (TPSA) is 89.5 Å². The molecular weight excluding hydrogens is 331 g/mol. The Morgan fingerprint density at radius 2 is 1.83 bits per heavy atom. The van der Waals surface area contributed by atoms with Crippen LogP contribution < -0.4 is 4.90 Å². The van der Waals surface area contributed by atoms with Crippen molar-refractivity contribution in [1.82, 2.24) is 0 Å². The molecule has 1 aromatic carbocycles. The summed E-state index contributed by atoms with van der Waals surface area (Å²) in [6.45, 7) is 3.08. The first-order valence-corrected chi connectivity index (χ1v) is 7.39. The molecule has 1 fully saturated rings. The van der Waals surface area contributed by atoms with Crippen LogP contribution in [0.25, 0.3) is 0 Å². The van der Waals surface area contributed by atoms with Gasteiger partial charge in [-0.15, -0.1) is 0 Å². The summed E-state index contributed by atoms with van der Waals surface area (Å²) in [6.07, 6.45) is -2.94. The number of benzene rings is 1. The molecule has 1 aliphatic rings. The number of rotatable bonds is 6. The zero-order valence-electron chi connectivity index (χ0n) is 13.1. The van der Waals surface area contributed by atoms with Crippen molar-refractivity contribution in [1.29, 1.82) is 0 Å². The first-order valence-electron chi connectivity index (χ1n) is 7.39. The Kier molecular flexibility index (Phi) is 4.68. The Hall–Kier alpha value is -2.39. The van der Waals surface area contributed by atoms with Crippen LogP contribution in [0.5, 0.6) is 0 Å². The largest absolute Gasteiger partial charge is 0.417 e. The molecule has 0 spiro atoms. The predicted molar refractivity (Wildman–Crippen MR) is 80.1 cm³/mol. The first kappa shape index (κ1) is 18.0. The Labute approximate surface area is 135 Å². The van der Waals surface area contributed by atoms with Crippen molar-refractivity contribution in [2.24, 2.45) is 0 Å². The van der Waals surface area contributed by atoms with Crippen LogP contribution in [0.3, 0.4) is 0 Å². The Balaban J connectivity index is 2.82. The average Bonchev–Trinajstić information content (AvgIpc) is 3.26. The van der Waals surface area contributed by atoms with Gasteiger partial charge in [0.25, 0.3) is 5.69 Å². The lowest BCUT2D eigenvalue weighted by atomic mass is 10.0. The number of hydrogen-bond donors (Lipinski definition) is 0. The minimum Gasteiger partial charge on any atom is -0.357 e. The lowest BCUT2D eigenvalue weighted by molar-refractivity contribution is -0.393. The highest BCUT2D eigenvalue weighted by Crippen LogP contribution is 2.48. The van der Waals surface area contributed by atoms with E-state index in [2.05, 4.69) is 0 Å². The van der Waals surface area contributed by atoms with Crippen LogP contribution in [0.15, 0.2) is 6.07 Å². The van der Waals surface area contributed by atoms with E-state index in [1.165, 1.54) is 4.90 Å². The van der Waals surface area contributed by atoms with Crippen LogP contribution in [0.1, 0.15) is 37.3 Å². The quantitative estimate of drug-likeness (QED) is 0.568. The maximum Gasteiger partial charge on any atom is 0.417 e. The highest BCUT2D eigenvalue weighted by atomic mass is 19.4. The van der Waals surface area contributed by atoms with E-state index in [-0.39, 0.29) is 11.7 Å². The summed E-state index contributed by atoms with van der Waals surface area (Å²) < 4.78 is 39.4. The molecule has 7 nitrogen and oxygen atoms in total. The standard InChI is InChI=1S/C14H16F3N3O4/c1-3-6-18(9-4-5-9)13-11(19(21)22)7-10(14(15,16)17)8(2)12(13)20(23)24/h7,9H,3-6H2,1-2H3. The second kappa shape index (κ2) is 6.25. The maximum atomic E-state index is 13.1. The normalized spacial score (nSPS) is 14.5. The van der Waals surface area contributed by atoms with E-state index in [1.807, 2.05) is 0 Å². The molecule has 0 unspecified atom stereocenters. The molecule has 10 heteroatoms. The minimum absolute atomic E-state index is 0.113. The SMILES string of the molecule is CCCN(c1c([N+](=O)[O-])cc(C(F)(F)F)c(C)c1[N+](=O)[O-])C1CC1. The Morgan fingerprint density at radius 1 is 1.25 bits per heavy atom. The van der Waals surface area contributed by atoms with Crippen molar-refractivity contribution in [3.8, 4) is 0 Å². The smallest absolute Gasteiger partial charge is 0.357 e. The van der Waals surface area contributed by atoms with Crippen LogP contribution in [0.4, 0.5) is 30.2 Å². The zero-order valence-corrected chi connectivity index (χ0v) is 13.1. The summed E-state index contributed by atoms with van der Waals surface area (Å²) in [4.78, 5) is 22.3. The van der Waals surface area contributed by atoms with Gasteiger partial charge in [0.2, 0.25) is 0 Å². The number of alkyl halides is 3. The van der Waals surface area contributed by atoms with Gasteiger partial charge in [-0.25, -0.2) is 0 Å². The fourth-order valence-electron chi connectivity index (χ4n) is 2.78. The molecule has 2 rings (SSSR count). The summed E-state index contributed by atoms with van der Waals surface area (Å²) in [6, 6.07) is 0.293. The summed E-state index contributed by atoms with van der Waals surface area (Å²) in [5.41, 5.74) is -3.98. The lowest BCUT2D eigenvalue weighted by Gasteiger charge is -2.25. The van der Waals surface area contributed by atoms with E-state index in [1.54, 1.807) is 6.92 Å². The number of nitrogens with zero attached hydrogens (tertiary/aromatic N) is 3. The van der Waals surface area contributed by atoms with Crippen molar-refractivity contribution in [2.75, 3.05) is 11.4 Å². The van der Waals surface area contributed by atoms with E-state index in [0.29, 0.717) is 31.9 Å². The molecule has 0 bridgehead atoms. The van der Waals surface area contributed by atoms with Crippen LogP contribution in [-0.2, 0) is 6.18 Å². The van der Waals surface area contributed by atoms with Gasteiger partial charge in [0.15, 0.2) is 5.69 Å². The van der Waals surface area contributed by atoms with E-state index in [9.17, 15) is 33.4 Å². The van der Waals surface area contributed by atoms with Crippen molar-refractivity contribution in [2.45, 2.75) is 45.3 Å². The highest BCUT2D eigenvalue weighted by Gasteiger charge is 2.44. The second-order valence-electron chi connectivity index (χ2n) is 5.70. The van der Waals surface area contributed by atoms with E-state index < -0.39 is 38.5 Å². The van der Waals surface area contributed by atoms with Gasteiger partial charge in [-0.05, 0) is 26.2 Å². The van der Waals surface area contributed by atoms with Crippen molar-refractivity contribution >= 4 is 17.1 Å². The summed E-state index contributed by atoms with van der Waals surface area (Å²) in [5.74, 6) is 0. The second-order valence-corrected chi connectivity index (χ2v) is 5.70. The van der Waals surface area contributed by atoms with E-state index >= 15 is 0 Å². The number of halogens is 3. The fraction of sp³-hybridized carbons (Fsp3) is 0.571. The van der Waals surface area contributed by atoms with Crippen molar-refractivity contribution in [3.05, 3.63) is 37.4 Å². The predicted octanol–water partition coefficient (Wildman–Crippen LogP) is 4.21. The van der Waals surface area contributed by atoms with Crippen molar-refractivity contribution in [3.63, 3.8) is 0 Å². The third-order valence-corrected chi connectivity index (χ3v) is 3.93. The summed E-state index contributed by atoms with van der Waals surface area (Å²) >= 11 is 0. The molecule has 132 valence electrons. The van der Waals surface area contributed by atoms with Gasteiger partial charge in [0.1, 0.15) is 0 Å². The number of anilines is 1. The van der Waals surface area contributed by atoms with Gasteiger partial charge in [-0.2, -0.15) is 13.2 Å². The van der Waals surface area contributed by atoms with Crippen LogP contribution in [0, 0.1) is 27.2 Å². The molecule has 1 aliphatic carbocycles. The third kappa shape index (κ3) is 3.26. The molecule has 0 heterocycles. The summed E-state index contributed by atoms with van der Waals surface area (Å²) in [5, 5.41) is 22.8. The first-order chi connectivity index (χ1) is 11.1. The van der Waals surface area contributed by atoms with Gasteiger partial charge in [-0.3, -0.25) is 20.2 Å². The minimum atomic E-state index is -4.91. The highest BCUT2D eigenvalue weighted by molar-refractivity contribution is 5.80. The van der Waals surface area contributed by atoms with Crippen LogP contribution >= 0.6 is 0 Å². The maximum absolute atomic E-state index is 13.1. The lowest BCUT2D eigenvalue weighted by Crippen LogP contribution is -2.29. The Bertz CT molecular complexity index is 687. The third-order valence-electron chi connectivity index (χ3n) is 3.93. The van der Waals surface area contributed by atoms with Crippen molar-refractivity contribution < 1.29 is 23.0 Å². The molecule has 0 atom stereocenters. The number of hydrogen-bond acceptors (Lipinski definition) is 5. The monoisotopic (exact) mass is 347 g/mol. The summed E-state index contributed by atoms with van der Waals surface area (Å²) in [7, 11) is 0. The molecule has 0 N–H and O–H groups in total. The molecule has 1 aromatic rings. The molecule has 0 amide bonds. The van der Waals surface area contributed by atoms with Crippen LogP contribution in [-0.4, -0.2) is 22.4 Å². The Morgan fingerprint density at radius 3 is 2.21 bits per heavy atom. The molecule has 0 radical (unpaired) electrons. The number of nitro groups is 2. The van der Waals surface area contributed by atoms with Gasteiger partial charge >= 0.3 is 11.9 Å². The molecule has 1 saturated carbocycles. The molecule has 0 saturated heterocycles. The number of nitro benzene ring substituents is 2. The molecular formula is C14H16F3N3O4. The van der Waals surface area contributed by atoms with Gasteiger partial charge in [0, 0.05) is 24.2 Å². The van der Waals surface area contributed by atoms with E-state index in [4.69, 9.17) is 0 Å². The van der Waals surface area contributed by atoms with Crippen LogP contribution in [0.2, 0.25) is 0 Å². The molecule has 0 aliphatic heterocycles. The van der Waals surface area contributed by atoms with Gasteiger partial charge < -0.3 is 4.90 Å². The molecule has 24 heavy (non-hydrogen) atoms. The van der Waals surface area contributed by atoms with Gasteiger partial charge in [-0.1, -0.05) is 6.92 Å². The van der Waals surface area contributed by atoms with Gasteiger partial charge in [0.05, 0.1) is 15.4 Å². The average molecular weight is 347 g/mol. The fourth-order valence-corrected chi connectivity index (χ4v) is 2.78. The van der Waals surface area contributed by atoms with E-state index in [0.717, 1.165) is 6.92 Å².